The van der Waals surface area contributed by atoms with E-state index < -0.39 is 0 Å². The molecule has 0 aliphatic carbocycles. The third-order valence-electron chi connectivity index (χ3n) is 3.73. The number of rotatable bonds is 7. The van der Waals surface area contributed by atoms with Crippen molar-refractivity contribution in [2.45, 2.75) is 35.5 Å². The van der Waals surface area contributed by atoms with E-state index in [9.17, 15) is 9.18 Å². The van der Waals surface area contributed by atoms with Crippen molar-refractivity contribution in [2.24, 2.45) is 0 Å². The van der Waals surface area contributed by atoms with Gasteiger partial charge in [-0.25, -0.2) is 9.37 Å². The summed E-state index contributed by atoms with van der Waals surface area (Å²) in [6.45, 7) is 1.35. The van der Waals surface area contributed by atoms with Gasteiger partial charge in [0.25, 0.3) is 0 Å². The number of nitrogens with one attached hydrogen (secondary N) is 1. The molecule has 4 nitrogen and oxygen atoms in total. The van der Waals surface area contributed by atoms with Gasteiger partial charge < -0.3 is 10.1 Å². The average molecular weight is 366 g/mol. The maximum Gasteiger partial charge on any atom is 0.226 e. The van der Waals surface area contributed by atoms with Crippen LogP contribution in [0.1, 0.15) is 24.1 Å². The predicted molar refractivity (Wildman–Crippen MR) is 93.8 cm³/mol. The van der Waals surface area contributed by atoms with Crippen LogP contribution in [-0.2, 0) is 21.7 Å². The van der Waals surface area contributed by atoms with Gasteiger partial charge in [-0.2, -0.15) is 0 Å². The van der Waals surface area contributed by atoms with Crippen molar-refractivity contribution in [3.8, 4) is 0 Å². The second-order valence-electron chi connectivity index (χ2n) is 5.60. The summed E-state index contributed by atoms with van der Waals surface area (Å²) >= 11 is 2.97. The van der Waals surface area contributed by atoms with Gasteiger partial charge >= 0.3 is 0 Å². The van der Waals surface area contributed by atoms with E-state index in [4.69, 9.17) is 4.74 Å². The van der Waals surface area contributed by atoms with Gasteiger partial charge in [0, 0.05) is 24.3 Å². The van der Waals surface area contributed by atoms with Gasteiger partial charge in [0.2, 0.25) is 5.91 Å². The Balaban J connectivity index is 1.44. The van der Waals surface area contributed by atoms with Gasteiger partial charge in [0.1, 0.15) is 10.2 Å². The molecule has 0 saturated carbocycles. The van der Waals surface area contributed by atoms with Crippen LogP contribution >= 0.6 is 23.1 Å². The van der Waals surface area contributed by atoms with E-state index in [1.165, 1.54) is 29.2 Å². The van der Waals surface area contributed by atoms with E-state index in [-0.39, 0.29) is 24.2 Å². The first kappa shape index (κ1) is 17.4. The molecular formula is C17H19FN2O2S2. The second kappa shape index (κ2) is 8.60. The number of ether oxygens (including phenoxy) is 1. The summed E-state index contributed by atoms with van der Waals surface area (Å²) in [6.07, 6.45) is 2.49. The maximum absolute atomic E-state index is 13.6. The van der Waals surface area contributed by atoms with Crippen molar-refractivity contribution in [1.29, 1.82) is 0 Å². The molecule has 1 aliphatic heterocycles. The van der Waals surface area contributed by atoms with E-state index >= 15 is 0 Å². The zero-order chi connectivity index (χ0) is 16.8. The largest absolute Gasteiger partial charge is 0.376 e. The van der Waals surface area contributed by atoms with Crippen molar-refractivity contribution in [1.82, 2.24) is 10.3 Å². The van der Waals surface area contributed by atoms with Crippen LogP contribution in [-0.4, -0.2) is 30.1 Å². The fraction of sp³-hybridized carbons (Fsp3) is 0.412. The standard InChI is InChI=1S/C17H19FN2O2S2/c18-15-6-2-1-4-12(15)10-23-17-20-13(11-24-17)8-16(21)19-9-14-5-3-7-22-14/h1-2,4,6,11,14H,3,5,7-10H2,(H,19,21). The topological polar surface area (TPSA) is 51.2 Å². The minimum absolute atomic E-state index is 0.0403. The number of thiazole rings is 1. The molecule has 2 aromatic rings. The highest BCUT2D eigenvalue weighted by Gasteiger charge is 2.16. The molecule has 128 valence electrons. The molecule has 0 bridgehead atoms. The molecule has 1 amide bonds. The lowest BCUT2D eigenvalue weighted by atomic mass is 10.2. The molecule has 0 radical (unpaired) electrons. The molecule has 1 aromatic carbocycles. The number of carbonyl (C=O) groups excluding carboxylic acids is 1. The van der Waals surface area contributed by atoms with E-state index in [1.807, 2.05) is 11.4 Å². The molecule has 0 spiro atoms. The Kier molecular flexibility index (Phi) is 6.23. The summed E-state index contributed by atoms with van der Waals surface area (Å²) in [5.74, 6) is 0.293. The van der Waals surface area contributed by atoms with Crippen molar-refractivity contribution < 1.29 is 13.9 Å². The molecule has 1 saturated heterocycles. The maximum atomic E-state index is 13.6. The molecule has 7 heteroatoms. The Morgan fingerprint density at radius 1 is 1.46 bits per heavy atom. The minimum Gasteiger partial charge on any atom is -0.376 e. The number of hydrogen-bond acceptors (Lipinski definition) is 5. The van der Waals surface area contributed by atoms with E-state index in [0.29, 0.717) is 17.9 Å². The van der Waals surface area contributed by atoms with Gasteiger partial charge in [-0.1, -0.05) is 30.0 Å². The molecule has 24 heavy (non-hydrogen) atoms. The summed E-state index contributed by atoms with van der Waals surface area (Å²) in [5.41, 5.74) is 1.41. The van der Waals surface area contributed by atoms with Gasteiger partial charge in [0.15, 0.2) is 0 Å². The van der Waals surface area contributed by atoms with Crippen molar-refractivity contribution >= 4 is 29.0 Å². The molecule has 1 atom stereocenters. The number of nitrogens with zero attached hydrogens (tertiary/aromatic N) is 1. The highest BCUT2D eigenvalue weighted by atomic mass is 32.2. The lowest BCUT2D eigenvalue weighted by Gasteiger charge is -2.09. The molecule has 1 aromatic heterocycles. The molecule has 3 rings (SSSR count). The van der Waals surface area contributed by atoms with Crippen molar-refractivity contribution in [3.63, 3.8) is 0 Å². The summed E-state index contributed by atoms with van der Waals surface area (Å²) in [7, 11) is 0. The van der Waals surface area contributed by atoms with Crippen LogP contribution in [0.5, 0.6) is 0 Å². The number of benzene rings is 1. The highest BCUT2D eigenvalue weighted by molar-refractivity contribution is 8.00. The number of hydrogen-bond donors (Lipinski definition) is 1. The summed E-state index contributed by atoms with van der Waals surface area (Å²) in [4.78, 5) is 16.4. The SMILES string of the molecule is O=C(Cc1csc(SCc2ccccc2F)n1)NCC1CCCO1. The minimum atomic E-state index is -0.199. The summed E-state index contributed by atoms with van der Waals surface area (Å²) in [5, 5.41) is 4.78. The smallest absolute Gasteiger partial charge is 0.226 e. The highest BCUT2D eigenvalue weighted by Crippen LogP contribution is 2.27. The van der Waals surface area contributed by atoms with Gasteiger partial charge in [-0.15, -0.1) is 11.3 Å². The monoisotopic (exact) mass is 366 g/mol. The predicted octanol–water partition coefficient (Wildman–Crippen LogP) is 3.41. The number of thioether (sulfide) groups is 1. The Morgan fingerprint density at radius 3 is 3.12 bits per heavy atom. The number of halogens is 1. The van der Waals surface area contributed by atoms with E-state index in [1.54, 1.807) is 12.1 Å². The van der Waals surface area contributed by atoms with Crippen LogP contribution in [0.15, 0.2) is 34.0 Å². The van der Waals surface area contributed by atoms with Crippen LogP contribution < -0.4 is 5.32 Å². The first-order chi connectivity index (χ1) is 11.7. The second-order valence-corrected chi connectivity index (χ2v) is 7.68. The van der Waals surface area contributed by atoms with Crippen molar-refractivity contribution in [2.75, 3.05) is 13.2 Å². The Hall–Kier alpha value is -1.44. The van der Waals surface area contributed by atoms with Crippen LogP contribution in [0.2, 0.25) is 0 Å². The van der Waals surface area contributed by atoms with Crippen LogP contribution in [0, 0.1) is 5.82 Å². The Bertz CT molecular complexity index is 687. The normalized spacial score (nSPS) is 17.1. The number of aromatic nitrogens is 1. The van der Waals surface area contributed by atoms with E-state index in [0.717, 1.165) is 29.5 Å². The Labute approximate surface area is 148 Å². The molecule has 1 N–H and O–H groups in total. The first-order valence-electron chi connectivity index (χ1n) is 7.89. The Morgan fingerprint density at radius 2 is 2.33 bits per heavy atom. The number of carbonyl (C=O) groups is 1. The average Bonchev–Trinajstić information content (AvgIpc) is 3.24. The third-order valence-corrected chi connectivity index (χ3v) is 5.85. The molecule has 1 fully saturated rings. The first-order valence-corrected chi connectivity index (χ1v) is 9.76. The molecule has 2 heterocycles. The van der Waals surface area contributed by atoms with Gasteiger partial charge in [-0.05, 0) is 24.5 Å². The van der Waals surface area contributed by atoms with Gasteiger partial charge in [0.05, 0.1) is 18.2 Å². The summed E-state index contributed by atoms with van der Waals surface area (Å²) in [6, 6.07) is 6.74. The quantitative estimate of drug-likeness (QED) is 0.763. The lowest BCUT2D eigenvalue weighted by molar-refractivity contribution is -0.121. The molecular weight excluding hydrogens is 347 g/mol. The number of amides is 1. The zero-order valence-electron chi connectivity index (χ0n) is 13.2. The fourth-order valence-electron chi connectivity index (χ4n) is 2.45. The van der Waals surface area contributed by atoms with E-state index in [2.05, 4.69) is 10.3 Å². The molecule has 1 aliphatic rings. The zero-order valence-corrected chi connectivity index (χ0v) is 14.8. The van der Waals surface area contributed by atoms with Crippen LogP contribution in [0.4, 0.5) is 4.39 Å². The molecule has 1 unspecified atom stereocenters. The lowest BCUT2D eigenvalue weighted by Crippen LogP contribution is -2.32. The summed E-state index contributed by atoms with van der Waals surface area (Å²) < 4.78 is 19.9. The third kappa shape index (κ3) is 5.03. The fourth-order valence-corrected chi connectivity index (χ4v) is 4.28. The van der Waals surface area contributed by atoms with Crippen LogP contribution in [0.3, 0.4) is 0 Å². The van der Waals surface area contributed by atoms with Crippen molar-refractivity contribution in [3.05, 3.63) is 46.7 Å². The van der Waals surface area contributed by atoms with Gasteiger partial charge in [-0.3, -0.25) is 4.79 Å². The van der Waals surface area contributed by atoms with Crippen LogP contribution in [0.25, 0.3) is 0 Å².